The largest absolute Gasteiger partial charge is 0.437 e. The van der Waals surface area contributed by atoms with Crippen LogP contribution in [0.4, 0.5) is 0 Å². The number of likely N-dealkylation sites (N-methyl/N-ethyl adjacent to an activating group) is 1. The van der Waals surface area contributed by atoms with Gasteiger partial charge in [-0.05, 0) is 25.4 Å². The van der Waals surface area contributed by atoms with Crippen molar-refractivity contribution >= 4 is 17.2 Å². The summed E-state index contributed by atoms with van der Waals surface area (Å²) in [6.07, 6.45) is 0.254. The molecule has 0 aromatic carbocycles. The molecule has 0 radical (unpaired) electrons. The summed E-state index contributed by atoms with van der Waals surface area (Å²) in [4.78, 5) is 29.1. The van der Waals surface area contributed by atoms with E-state index in [1.54, 1.807) is 0 Å². The number of thiophene rings is 1. The van der Waals surface area contributed by atoms with Gasteiger partial charge < -0.3 is 14.2 Å². The second-order valence-electron chi connectivity index (χ2n) is 5.82. The number of rotatable bonds is 4. The molecule has 7 nitrogen and oxygen atoms in total. The van der Waals surface area contributed by atoms with Gasteiger partial charge in [0.15, 0.2) is 0 Å². The van der Waals surface area contributed by atoms with E-state index in [1.807, 2.05) is 29.3 Å². The summed E-state index contributed by atoms with van der Waals surface area (Å²) < 4.78 is 6.38. The Morgan fingerprint density at radius 2 is 2.30 bits per heavy atom. The molecule has 0 aliphatic carbocycles. The lowest BCUT2D eigenvalue weighted by Gasteiger charge is -2.38. The van der Waals surface area contributed by atoms with Crippen molar-refractivity contribution in [3.8, 4) is 10.8 Å². The highest BCUT2D eigenvalue weighted by Gasteiger charge is 2.25. The fraction of sp³-hybridized carbons (Fsp3) is 0.533. The second-order valence-corrected chi connectivity index (χ2v) is 6.77. The lowest BCUT2D eigenvalue weighted by molar-refractivity contribution is -0.135. The second kappa shape index (κ2) is 6.67. The van der Waals surface area contributed by atoms with Crippen LogP contribution < -0.4 is 5.76 Å². The van der Waals surface area contributed by atoms with Gasteiger partial charge in [-0.2, -0.15) is 4.68 Å². The Bertz CT molecular complexity index is 721. The fourth-order valence-corrected chi connectivity index (χ4v) is 3.45. The Morgan fingerprint density at radius 3 is 3.00 bits per heavy atom. The van der Waals surface area contributed by atoms with Gasteiger partial charge >= 0.3 is 5.76 Å². The molecule has 1 saturated heterocycles. The summed E-state index contributed by atoms with van der Waals surface area (Å²) in [7, 11) is 2.05. The number of aryl methyl sites for hydroxylation is 1. The van der Waals surface area contributed by atoms with Crippen molar-refractivity contribution in [2.45, 2.75) is 25.9 Å². The highest BCUT2D eigenvalue weighted by molar-refractivity contribution is 7.13. The number of carbonyl (C=O) groups is 1. The zero-order valence-corrected chi connectivity index (χ0v) is 14.1. The fourth-order valence-electron chi connectivity index (χ4n) is 2.80. The molecular weight excluding hydrogens is 316 g/mol. The van der Waals surface area contributed by atoms with E-state index in [2.05, 4.69) is 17.0 Å². The minimum absolute atomic E-state index is 0.0539. The molecule has 1 amide bonds. The van der Waals surface area contributed by atoms with Crippen molar-refractivity contribution < 1.29 is 9.21 Å². The number of piperazine rings is 1. The minimum atomic E-state index is -0.521. The van der Waals surface area contributed by atoms with Crippen LogP contribution in [0.15, 0.2) is 26.7 Å². The van der Waals surface area contributed by atoms with Crippen molar-refractivity contribution in [3.05, 3.63) is 28.1 Å². The SMILES string of the molecule is CC1CN(C)CCN1C(=O)CCn1nc(-c2cccs2)oc1=O. The molecule has 3 heterocycles. The molecule has 8 heteroatoms. The Kier molecular flexibility index (Phi) is 4.63. The number of hydrogen-bond acceptors (Lipinski definition) is 6. The van der Waals surface area contributed by atoms with Crippen molar-refractivity contribution in [3.63, 3.8) is 0 Å². The molecule has 3 rings (SSSR count). The molecule has 0 N–H and O–H groups in total. The van der Waals surface area contributed by atoms with Gasteiger partial charge in [-0.15, -0.1) is 16.4 Å². The molecule has 2 aromatic rings. The molecule has 0 bridgehead atoms. The van der Waals surface area contributed by atoms with E-state index in [1.165, 1.54) is 16.0 Å². The Morgan fingerprint density at radius 1 is 1.48 bits per heavy atom. The molecule has 0 saturated carbocycles. The van der Waals surface area contributed by atoms with E-state index < -0.39 is 5.76 Å². The number of nitrogens with zero attached hydrogens (tertiary/aromatic N) is 4. The number of hydrogen-bond donors (Lipinski definition) is 0. The van der Waals surface area contributed by atoms with Gasteiger partial charge in [-0.1, -0.05) is 6.07 Å². The average Bonchev–Trinajstić information content (AvgIpc) is 3.14. The molecule has 23 heavy (non-hydrogen) atoms. The zero-order chi connectivity index (χ0) is 16.4. The first-order chi connectivity index (χ1) is 11.0. The quantitative estimate of drug-likeness (QED) is 0.837. The molecular formula is C15H20N4O3S. The Balaban J connectivity index is 1.62. The van der Waals surface area contributed by atoms with Gasteiger partial charge in [-0.25, -0.2) is 4.79 Å². The highest BCUT2D eigenvalue weighted by atomic mass is 32.1. The van der Waals surface area contributed by atoms with Crippen molar-refractivity contribution in [1.82, 2.24) is 19.6 Å². The lowest BCUT2D eigenvalue weighted by atomic mass is 10.2. The number of aromatic nitrogens is 2. The molecule has 1 fully saturated rings. The van der Waals surface area contributed by atoms with Crippen molar-refractivity contribution in [2.75, 3.05) is 26.7 Å². The number of carbonyl (C=O) groups excluding carboxylic acids is 1. The summed E-state index contributed by atoms with van der Waals surface area (Å²) >= 11 is 1.46. The van der Waals surface area contributed by atoms with Gasteiger partial charge in [0.1, 0.15) is 0 Å². The zero-order valence-electron chi connectivity index (χ0n) is 13.3. The van der Waals surface area contributed by atoms with Gasteiger partial charge in [-0.3, -0.25) is 4.79 Å². The predicted octanol–water partition coefficient (Wildman–Crippen LogP) is 1.12. The topological polar surface area (TPSA) is 71.6 Å². The average molecular weight is 336 g/mol. The monoisotopic (exact) mass is 336 g/mol. The van der Waals surface area contributed by atoms with Crippen LogP contribution in [-0.4, -0.2) is 58.2 Å². The molecule has 1 atom stereocenters. The summed E-state index contributed by atoms with van der Waals surface area (Å²) in [5.74, 6) is -0.156. The summed E-state index contributed by atoms with van der Waals surface area (Å²) in [6.45, 7) is 4.77. The van der Waals surface area contributed by atoms with E-state index in [4.69, 9.17) is 4.42 Å². The molecule has 2 aromatic heterocycles. The van der Waals surface area contributed by atoms with Crippen LogP contribution in [0.3, 0.4) is 0 Å². The molecule has 1 aliphatic rings. The first-order valence-corrected chi connectivity index (χ1v) is 8.52. The third-order valence-corrected chi connectivity index (χ3v) is 4.88. The number of amides is 1. The molecule has 1 aliphatic heterocycles. The first-order valence-electron chi connectivity index (χ1n) is 7.64. The van der Waals surface area contributed by atoms with Crippen LogP contribution >= 0.6 is 11.3 Å². The predicted molar refractivity (Wildman–Crippen MR) is 87.4 cm³/mol. The van der Waals surface area contributed by atoms with Gasteiger partial charge in [0.25, 0.3) is 5.89 Å². The van der Waals surface area contributed by atoms with Gasteiger partial charge in [0.2, 0.25) is 5.91 Å². The molecule has 124 valence electrons. The van der Waals surface area contributed by atoms with Crippen LogP contribution in [0.5, 0.6) is 0 Å². The summed E-state index contributed by atoms with van der Waals surface area (Å²) in [5, 5.41) is 6.06. The van der Waals surface area contributed by atoms with Gasteiger partial charge in [0.05, 0.1) is 11.4 Å². The maximum Gasteiger partial charge on any atom is 0.437 e. The molecule has 1 unspecified atom stereocenters. The van der Waals surface area contributed by atoms with E-state index in [-0.39, 0.29) is 24.9 Å². The van der Waals surface area contributed by atoms with Crippen LogP contribution in [0, 0.1) is 0 Å². The summed E-state index contributed by atoms with van der Waals surface area (Å²) in [6, 6.07) is 3.91. The van der Waals surface area contributed by atoms with Gasteiger partial charge in [0, 0.05) is 32.1 Å². The van der Waals surface area contributed by atoms with Crippen LogP contribution in [0.25, 0.3) is 10.8 Å². The summed E-state index contributed by atoms with van der Waals surface area (Å²) in [5.41, 5.74) is 0. The Hall–Kier alpha value is -1.93. The molecule has 0 spiro atoms. The van der Waals surface area contributed by atoms with Crippen molar-refractivity contribution in [2.24, 2.45) is 0 Å². The maximum atomic E-state index is 12.4. The van der Waals surface area contributed by atoms with Crippen LogP contribution in [-0.2, 0) is 11.3 Å². The Labute approximate surface area is 138 Å². The van der Waals surface area contributed by atoms with Crippen LogP contribution in [0.1, 0.15) is 13.3 Å². The van der Waals surface area contributed by atoms with E-state index in [0.29, 0.717) is 5.89 Å². The smallest absolute Gasteiger partial charge is 0.387 e. The lowest BCUT2D eigenvalue weighted by Crippen LogP contribution is -2.52. The van der Waals surface area contributed by atoms with Crippen molar-refractivity contribution in [1.29, 1.82) is 0 Å². The van der Waals surface area contributed by atoms with E-state index >= 15 is 0 Å². The normalized spacial score (nSPS) is 19.2. The third kappa shape index (κ3) is 3.53. The third-order valence-electron chi connectivity index (χ3n) is 4.03. The van der Waals surface area contributed by atoms with E-state index in [0.717, 1.165) is 24.5 Å². The standard InChI is InChI=1S/C15H20N4O3S/c1-11-10-17(2)7-8-18(11)13(20)5-6-19-15(21)22-14(16-19)12-4-3-9-23-12/h3-4,9,11H,5-8,10H2,1-2H3. The minimum Gasteiger partial charge on any atom is -0.387 e. The first kappa shape index (κ1) is 15.9. The maximum absolute atomic E-state index is 12.4. The van der Waals surface area contributed by atoms with E-state index in [9.17, 15) is 9.59 Å². The van der Waals surface area contributed by atoms with Crippen LogP contribution in [0.2, 0.25) is 0 Å². The highest BCUT2D eigenvalue weighted by Crippen LogP contribution is 2.21.